The smallest absolute Gasteiger partial charge is 0.348 e. The van der Waals surface area contributed by atoms with Gasteiger partial charge in [0.15, 0.2) is 0 Å². The van der Waals surface area contributed by atoms with E-state index in [1.165, 1.54) is 0 Å². The van der Waals surface area contributed by atoms with Crippen LogP contribution in [0.4, 0.5) is 0 Å². The van der Waals surface area contributed by atoms with E-state index in [2.05, 4.69) is 26.3 Å². The highest BCUT2D eigenvalue weighted by Gasteiger charge is 2.37. The Labute approximate surface area is 205 Å². The van der Waals surface area contributed by atoms with Crippen LogP contribution < -0.4 is 0 Å². The molecule has 10 heteroatoms. The minimum atomic E-state index is -0.973. The molecule has 1 unspecified atom stereocenters. The van der Waals surface area contributed by atoms with Gasteiger partial charge in [-0.05, 0) is 12.8 Å². The molecule has 0 aromatic heterocycles. The SMILES string of the molecule is C=CC(=O)OCC(CC)(COCC(CC)(COC(=O)C=C)COC(=O)C(=C)C#N)COC(=O)C=C. The Balaban J connectivity index is 5.63. The first-order valence-electron chi connectivity index (χ1n) is 10.8. The number of rotatable bonds is 18. The molecule has 0 saturated heterocycles. The molecule has 10 nitrogen and oxygen atoms in total. The third kappa shape index (κ3) is 11.3. The Kier molecular flexibility index (Phi) is 14.3. The van der Waals surface area contributed by atoms with Crippen molar-refractivity contribution in [2.24, 2.45) is 10.8 Å². The summed E-state index contributed by atoms with van der Waals surface area (Å²) in [5.74, 6) is -2.88. The second-order valence-corrected chi connectivity index (χ2v) is 7.80. The summed E-state index contributed by atoms with van der Waals surface area (Å²) in [6.07, 6.45) is 3.78. The fraction of sp³-hybridized carbons (Fsp3) is 0.480. The van der Waals surface area contributed by atoms with Gasteiger partial charge >= 0.3 is 23.9 Å². The van der Waals surface area contributed by atoms with Crippen molar-refractivity contribution in [2.45, 2.75) is 26.7 Å². The average Bonchev–Trinajstić information content (AvgIpc) is 2.89. The van der Waals surface area contributed by atoms with Gasteiger partial charge in [-0.2, -0.15) is 5.26 Å². The summed E-state index contributed by atoms with van der Waals surface area (Å²) in [4.78, 5) is 46.8. The van der Waals surface area contributed by atoms with Gasteiger partial charge in [-0.3, -0.25) is 0 Å². The zero-order valence-corrected chi connectivity index (χ0v) is 20.3. The van der Waals surface area contributed by atoms with E-state index in [4.69, 9.17) is 28.9 Å². The minimum absolute atomic E-state index is 0.0195. The molecule has 0 aliphatic carbocycles. The maximum atomic E-state index is 11.9. The second-order valence-electron chi connectivity index (χ2n) is 7.80. The normalized spacial score (nSPS) is 12.1. The van der Waals surface area contributed by atoms with Crippen LogP contribution in [0.5, 0.6) is 0 Å². The quantitative estimate of drug-likeness (QED) is 0.122. The molecule has 192 valence electrons. The van der Waals surface area contributed by atoms with E-state index in [1.54, 1.807) is 19.9 Å². The van der Waals surface area contributed by atoms with Crippen molar-refractivity contribution in [3.05, 3.63) is 50.1 Å². The molecule has 0 amide bonds. The van der Waals surface area contributed by atoms with Crippen LogP contribution in [-0.2, 0) is 42.9 Å². The number of hydrogen-bond acceptors (Lipinski definition) is 10. The van der Waals surface area contributed by atoms with E-state index in [9.17, 15) is 19.2 Å². The van der Waals surface area contributed by atoms with E-state index in [0.717, 1.165) is 18.2 Å². The number of nitriles is 1. The highest BCUT2D eigenvalue weighted by Crippen LogP contribution is 2.29. The monoisotopic (exact) mass is 491 g/mol. The van der Waals surface area contributed by atoms with Gasteiger partial charge in [0.25, 0.3) is 0 Å². The van der Waals surface area contributed by atoms with Gasteiger partial charge in [-0.1, -0.05) is 40.2 Å². The summed E-state index contributed by atoms with van der Waals surface area (Å²) in [6, 6.07) is 1.61. The summed E-state index contributed by atoms with van der Waals surface area (Å²) in [5.41, 5.74) is -2.25. The molecule has 0 N–H and O–H groups in total. The summed E-state index contributed by atoms with van der Waals surface area (Å²) < 4.78 is 26.7. The molecule has 0 aliphatic heterocycles. The fourth-order valence-electron chi connectivity index (χ4n) is 2.55. The lowest BCUT2D eigenvalue weighted by Crippen LogP contribution is -2.42. The predicted molar refractivity (Wildman–Crippen MR) is 125 cm³/mol. The van der Waals surface area contributed by atoms with E-state index in [-0.39, 0.29) is 45.2 Å². The van der Waals surface area contributed by atoms with E-state index < -0.39 is 34.7 Å². The molecule has 0 bridgehead atoms. The molecule has 0 saturated carbocycles. The van der Waals surface area contributed by atoms with E-state index in [0.29, 0.717) is 12.8 Å². The molecule has 0 rings (SSSR count). The lowest BCUT2D eigenvalue weighted by Gasteiger charge is -2.35. The standard InChI is InChI=1S/C25H33NO9/c1-7-20(27)32-15-24(10-4,16-33-21(28)8-2)13-31-14-25(11-5,17-34-22(29)9-3)18-35-23(30)19(6)12-26/h7-9H,1-3,6,10-11,13-18H2,4-5H3. The molecule has 0 heterocycles. The van der Waals surface area contributed by atoms with Gasteiger partial charge in [0.05, 0.1) is 24.0 Å². The van der Waals surface area contributed by atoms with E-state index >= 15 is 0 Å². The zero-order chi connectivity index (χ0) is 26.9. The number of nitrogens with zero attached hydrogens (tertiary/aromatic N) is 1. The van der Waals surface area contributed by atoms with Crippen LogP contribution in [0, 0.1) is 22.2 Å². The Morgan fingerprint density at radius 2 is 1.06 bits per heavy atom. The average molecular weight is 492 g/mol. The van der Waals surface area contributed by atoms with Crippen molar-refractivity contribution >= 4 is 23.9 Å². The number of esters is 4. The van der Waals surface area contributed by atoms with E-state index in [1.807, 2.05) is 0 Å². The first kappa shape index (κ1) is 31.3. The van der Waals surface area contributed by atoms with Crippen molar-refractivity contribution in [3.8, 4) is 6.07 Å². The van der Waals surface area contributed by atoms with Crippen LogP contribution in [0.2, 0.25) is 0 Å². The highest BCUT2D eigenvalue weighted by molar-refractivity contribution is 5.91. The maximum absolute atomic E-state index is 11.9. The van der Waals surface area contributed by atoms with Crippen LogP contribution >= 0.6 is 0 Å². The predicted octanol–water partition coefficient (Wildman–Crippen LogP) is 2.61. The molecular formula is C25H33NO9. The van der Waals surface area contributed by atoms with Crippen molar-refractivity contribution in [1.29, 1.82) is 5.26 Å². The maximum Gasteiger partial charge on any atom is 0.348 e. The lowest BCUT2D eigenvalue weighted by atomic mass is 9.86. The van der Waals surface area contributed by atoms with Crippen molar-refractivity contribution in [2.75, 3.05) is 39.6 Å². The Hall–Kier alpha value is -3.71. The second kappa shape index (κ2) is 16.0. The zero-order valence-electron chi connectivity index (χ0n) is 20.3. The summed E-state index contributed by atoms with van der Waals surface area (Å²) >= 11 is 0. The Bertz CT molecular complexity index is 831. The van der Waals surface area contributed by atoms with Gasteiger partial charge < -0.3 is 23.7 Å². The molecule has 0 spiro atoms. The first-order chi connectivity index (χ1) is 16.6. The largest absolute Gasteiger partial charge is 0.462 e. The molecule has 0 aromatic rings. The topological polar surface area (TPSA) is 138 Å². The van der Waals surface area contributed by atoms with Crippen molar-refractivity contribution in [3.63, 3.8) is 0 Å². The van der Waals surface area contributed by atoms with Gasteiger partial charge in [-0.25, -0.2) is 19.2 Å². The van der Waals surface area contributed by atoms with Gasteiger partial charge in [-0.15, -0.1) is 0 Å². The minimum Gasteiger partial charge on any atom is -0.462 e. The van der Waals surface area contributed by atoms with Crippen molar-refractivity contribution < 1.29 is 42.9 Å². The molecule has 0 fully saturated rings. The van der Waals surface area contributed by atoms with Gasteiger partial charge in [0, 0.05) is 18.2 Å². The molecule has 1 atom stereocenters. The molecular weight excluding hydrogens is 458 g/mol. The molecule has 35 heavy (non-hydrogen) atoms. The number of hydrogen-bond donors (Lipinski definition) is 0. The van der Waals surface area contributed by atoms with Crippen LogP contribution in [0.1, 0.15) is 26.7 Å². The summed E-state index contributed by atoms with van der Waals surface area (Å²) in [6.45, 7) is 16.2. The van der Waals surface area contributed by atoms with Crippen LogP contribution in [-0.4, -0.2) is 63.5 Å². The fourth-order valence-corrected chi connectivity index (χ4v) is 2.55. The molecule has 0 aliphatic rings. The molecule has 0 radical (unpaired) electrons. The number of carbonyl (C=O) groups is 4. The lowest BCUT2D eigenvalue weighted by molar-refractivity contribution is -0.157. The van der Waals surface area contributed by atoms with Crippen LogP contribution in [0.15, 0.2) is 50.1 Å². The Morgan fingerprint density at radius 3 is 1.34 bits per heavy atom. The number of ether oxygens (including phenoxy) is 5. The third-order valence-corrected chi connectivity index (χ3v) is 5.27. The van der Waals surface area contributed by atoms with Crippen molar-refractivity contribution in [1.82, 2.24) is 0 Å². The van der Waals surface area contributed by atoms with Gasteiger partial charge in [0.1, 0.15) is 38.1 Å². The summed E-state index contributed by atoms with van der Waals surface area (Å²) in [7, 11) is 0. The number of carbonyl (C=O) groups excluding carboxylic acids is 4. The Morgan fingerprint density at radius 1 is 0.714 bits per heavy atom. The van der Waals surface area contributed by atoms with Crippen LogP contribution in [0.25, 0.3) is 0 Å². The highest BCUT2D eigenvalue weighted by atomic mass is 16.6. The van der Waals surface area contributed by atoms with Gasteiger partial charge in [0.2, 0.25) is 0 Å². The van der Waals surface area contributed by atoms with Crippen LogP contribution in [0.3, 0.4) is 0 Å². The summed E-state index contributed by atoms with van der Waals surface area (Å²) in [5, 5.41) is 8.83. The first-order valence-corrected chi connectivity index (χ1v) is 10.8. The third-order valence-electron chi connectivity index (χ3n) is 5.27. The molecule has 0 aromatic carbocycles.